The summed E-state index contributed by atoms with van der Waals surface area (Å²) in [6, 6.07) is 0. The molecule has 17 heavy (non-hydrogen) atoms. The Kier molecular flexibility index (Phi) is 7.10. The van der Waals surface area contributed by atoms with Gasteiger partial charge in [0.25, 0.3) is 0 Å². The lowest BCUT2D eigenvalue weighted by atomic mass is 9.82. The molecule has 0 bridgehead atoms. The molecule has 0 aromatic carbocycles. The van der Waals surface area contributed by atoms with Crippen LogP contribution in [-0.4, -0.2) is 30.4 Å². The van der Waals surface area contributed by atoms with Crippen molar-refractivity contribution in [1.82, 2.24) is 4.90 Å². The fourth-order valence-corrected chi connectivity index (χ4v) is 3.68. The minimum atomic E-state index is 0.558. The molecule has 0 atom stereocenters. The van der Waals surface area contributed by atoms with Gasteiger partial charge in [0.1, 0.15) is 0 Å². The molecule has 0 N–H and O–H groups in total. The van der Waals surface area contributed by atoms with Gasteiger partial charge in [0, 0.05) is 11.9 Å². The zero-order valence-electron chi connectivity index (χ0n) is 12.0. The predicted molar refractivity (Wildman–Crippen MR) is 80.9 cm³/mol. The molecule has 0 aromatic rings. The lowest BCUT2D eigenvalue weighted by Gasteiger charge is -2.35. The van der Waals surface area contributed by atoms with Crippen molar-refractivity contribution in [2.75, 3.05) is 25.5 Å². The first-order valence-electron chi connectivity index (χ1n) is 7.32. The highest BCUT2D eigenvalue weighted by atomic mass is 79.9. The second-order valence-electron chi connectivity index (χ2n) is 6.47. The average Bonchev–Trinajstić information content (AvgIpc) is 2.53. The molecular formula is C15H30BrN. The largest absolute Gasteiger partial charge is 0.306 e. The summed E-state index contributed by atoms with van der Waals surface area (Å²) < 4.78 is 0. The fourth-order valence-electron chi connectivity index (χ4n) is 2.94. The van der Waals surface area contributed by atoms with E-state index in [1.165, 1.54) is 63.4 Å². The molecule has 0 amide bonds. The molecule has 0 spiro atoms. The summed E-state index contributed by atoms with van der Waals surface area (Å²) in [6.45, 7) is 7.18. The summed E-state index contributed by atoms with van der Waals surface area (Å²) in [4.78, 5) is 2.56. The van der Waals surface area contributed by atoms with E-state index in [2.05, 4.69) is 41.7 Å². The molecule has 1 saturated carbocycles. The monoisotopic (exact) mass is 303 g/mol. The van der Waals surface area contributed by atoms with Crippen LogP contribution >= 0.6 is 15.9 Å². The Hall–Kier alpha value is 0.440. The smallest absolute Gasteiger partial charge is 0.0100 e. The van der Waals surface area contributed by atoms with Crippen molar-refractivity contribution in [3.05, 3.63) is 0 Å². The molecule has 0 heterocycles. The molecule has 1 rings (SSSR count). The Bertz CT molecular complexity index is 195. The van der Waals surface area contributed by atoms with Crippen LogP contribution in [0.15, 0.2) is 0 Å². The Balaban J connectivity index is 2.43. The molecule has 0 aromatic heterocycles. The van der Waals surface area contributed by atoms with Crippen molar-refractivity contribution in [3.63, 3.8) is 0 Å². The van der Waals surface area contributed by atoms with Crippen LogP contribution in [0.3, 0.4) is 0 Å². The molecular weight excluding hydrogens is 274 g/mol. The molecule has 1 fully saturated rings. The highest BCUT2D eigenvalue weighted by Gasteiger charge is 2.30. The van der Waals surface area contributed by atoms with Gasteiger partial charge in [-0.1, -0.05) is 55.5 Å². The van der Waals surface area contributed by atoms with Crippen LogP contribution in [0.5, 0.6) is 0 Å². The normalized spacial score (nSPS) is 20.8. The summed E-state index contributed by atoms with van der Waals surface area (Å²) in [7, 11) is 2.30. The maximum absolute atomic E-state index is 3.78. The van der Waals surface area contributed by atoms with Crippen molar-refractivity contribution in [2.45, 2.75) is 58.8 Å². The number of rotatable bonds is 6. The SMILES string of the molecule is CC(C)CCN(C)CC1(CBr)CCCCCC1. The lowest BCUT2D eigenvalue weighted by molar-refractivity contribution is 0.170. The first-order valence-corrected chi connectivity index (χ1v) is 8.45. The zero-order valence-corrected chi connectivity index (χ0v) is 13.6. The van der Waals surface area contributed by atoms with E-state index < -0.39 is 0 Å². The van der Waals surface area contributed by atoms with E-state index in [9.17, 15) is 0 Å². The summed E-state index contributed by atoms with van der Waals surface area (Å²) >= 11 is 3.78. The number of halogens is 1. The van der Waals surface area contributed by atoms with Gasteiger partial charge in [-0.05, 0) is 44.2 Å². The van der Waals surface area contributed by atoms with E-state index in [4.69, 9.17) is 0 Å². The topological polar surface area (TPSA) is 3.24 Å². The van der Waals surface area contributed by atoms with E-state index in [1.54, 1.807) is 0 Å². The van der Waals surface area contributed by atoms with Crippen LogP contribution in [0.4, 0.5) is 0 Å². The van der Waals surface area contributed by atoms with E-state index >= 15 is 0 Å². The molecule has 1 aliphatic carbocycles. The molecule has 0 radical (unpaired) electrons. The zero-order chi connectivity index (χ0) is 12.7. The summed E-state index contributed by atoms with van der Waals surface area (Å²) in [5.41, 5.74) is 0.558. The highest BCUT2D eigenvalue weighted by Crippen LogP contribution is 2.37. The minimum absolute atomic E-state index is 0.558. The van der Waals surface area contributed by atoms with Crippen molar-refractivity contribution >= 4 is 15.9 Å². The van der Waals surface area contributed by atoms with Crippen LogP contribution in [0, 0.1) is 11.3 Å². The second kappa shape index (κ2) is 7.78. The number of hydrogen-bond donors (Lipinski definition) is 0. The first-order chi connectivity index (χ1) is 8.08. The Morgan fingerprint density at radius 1 is 1.12 bits per heavy atom. The Labute approximate surface area is 116 Å². The summed E-state index contributed by atoms with van der Waals surface area (Å²) in [5.74, 6) is 0.825. The molecule has 1 nitrogen and oxygen atoms in total. The maximum atomic E-state index is 3.78. The second-order valence-corrected chi connectivity index (χ2v) is 7.03. The van der Waals surface area contributed by atoms with E-state index in [1.807, 2.05) is 0 Å². The fraction of sp³-hybridized carbons (Fsp3) is 1.00. The average molecular weight is 304 g/mol. The maximum Gasteiger partial charge on any atom is 0.0100 e. The van der Waals surface area contributed by atoms with Gasteiger partial charge >= 0.3 is 0 Å². The highest BCUT2D eigenvalue weighted by molar-refractivity contribution is 9.09. The van der Waals surface area contributed by atoms with E-state index in [-0.39, 0.29) is 0 Å². The first kappa shape index (κ1) is 15.5. The summed E-state index contributed by atoms with van der Waals surface area (Å²) in [6.07, 6.45) is 9.94. The third-order valence-electron chi connectivity index (χ3n) is 4.14. The van der Waals surface area contributed by atoms with Crippen molar-refractivity contribution in [1.29, 1.82) is 0 Å². The molecule has 1 aliphatic rings. The molecule has 2 heteroatoms. The third kappa shape index (κ3) is 5.74. The van der Waals surface area contributed by atoms with Crippen LogP contribution in [0.2, 0.25) is 0 Å². The quantitative estimate of drug-likeness (QED) is 0.508. The minimum Gasteiger partial charge on any atom is -0.306 e. The molecule has 0 saturated heterocycles. The predicted octanol–water partition coefficient (Wildman–Crippen LogP) is 4.70. The Morgan fingerprint density at radius 2 is 1.71 bits per heavy atom. The van der Waals surface area contributed by atoms with Crippen molar-refractivity contribution in [3.8, 4) is 0 Å². The lowest BCUT2D eigenvalue weighted by Crippen LogP contribution is -2.37. The van der Waals surface area contributed by atoms with Crippen LogP contribution in [0.25, 0.3) is 0 Å². The van der Waals surface area contributed by atoms with Gasteiger partial charge in [0.15, 0.2) is 0 Å². The van der Waals surface area contributed by atoms with Gasteiger partial charge < -0.3 is 4.90 Å². The van der Waals surface area contributed by atoms with Gasteiger partial charge in [0.05, 0.1) is 0 Å². The van der Waals surface area contributed by atoms with Gasteiger partial charge in [0.2, 0.25) is 0 Å². The van der Waals surface area contributed by atoms with Gasteiger partial charge in [-0.2, -0.15) is 0 Å². The number of nitrogens with zero attached hydrogens (tertiary/aromatic N) is 1. The Morgan fingerprint density at radius 3 is 2.18 bits per heavy atom. The third-order valence-corrected chi connectivity index (χ3v) is 5.33. The van der Waals surface area contributed by atoms with E-state index in [0.717, 1.165) is 5.92 Å². The number of hydrogen-bond acceptors (Lipinski definition) is 1. The van der Waals surface area contributed by atoms with Gasteiger partial charge in [-0.15, -0.1) is 0 Å². The van der Waals surface area contributed by atoms with Gasteiger partial charge in [-0.25, -0.2) is 0 Å². The van der Waals surface area contributed by atoms with Crippen LogP contribution in [-0.2, 0) is 0 Å². The number of alkyl halides is 1. The van der Waals surface area contributed by atoms with Crippen LogP contribution < -0.4 is 0 Å². The molecule has 0 unspecified atom stereocenters. The standard InChI is InChI=1S/C15H30BrN/c1-14(2)8-11-17(3)13-15(12-16)9-6-4-5-7-10-15/h14H,4-13H2,1-3H3. The van der Waals surface area contributed by atoms with Crippen molar-refractivity contribution in [2.24, 2.45) is 11.3 Å². The molecule has 102 valence electrons. The van der Waals surface area contributed by atoms with Gasteiger partial charge in [-0.3, -0.25) is 0 Å². The van der Waals surface area contributed by atoms with Crippen LogP contribution in [0.1, 0.15) is 58.8 Å². The van der Waals surface area contributed by atoms with E-state index in [0.29, 0.717) is 5.41 Å². The summed E-state index contributed by atoms with van der Waals surface area (Å²) in [5, 5.41) is 1.19. The van der Waals surface area contributed by atoms with Crippen molar-refractivity contribution < 1.29 is 0 Å². The molecule has 0 aliphatic heterocycles.